The lowest BCUT2D eigenvalue weighted by molar-refractivity contribution is 0.359. The third-order valence-corrected chi connectivity index (χ3v) is 2.72. The molecule has 0 spiro atoms. The Morgan fingerprint density at radius 2 is 2.00 bits per heavy atom. The molecule has 18 heavy (non-hydrogen) atoms. The van der Waals surface area contributed by atoms with Crippen molar-refractivity contribution in [1.82, 2.24) is 19.3 Å². The van der Waals surface area contributed by atoms with Crippen LogP contribution in [0.1, 0.15) is 51.4 Å². The average Bonchev–Trinajstić information content (AvgIpc) is 2.87. The quantitative estimate of drug-likeness (QED) is 0.829. The fraction of sp³-hybridized carbons (Fsp3) is 0.583. The first-order valence-electron chi connectivity index (χ1n) is 6.08. The minimum absolute atomic E-state index is 0.0547. The van der Waals surface area contributed by atoms with Gasteiger partial charge in [-0.05, 0) is 13.8 Å². The number of hydrogen-bond donors (Lipinski definition) is 0. The van der Waals surface area contributed by atoms with Gasteiger partial charge in [0.05, 0.1) is 6.54 Å². The van der Waals surface area contributed by atoms with Crippen molar-refractivity contribution < 1.29 is 4.52 Å². The highest BCUT2D eigenvalue weighted by Gasteiger charge is 2.12. The Bertz CT molecular complexity index is 577. The molecule has 0 bridgehead atoms. The maximum atomic E-state index is 12.0. The van der Waals surface area contributed by atoms with Gasteiger partial charge in [-0.15, -0.1) is 0 Å². The maximum Gasteiger partial charge on any atom is 0.328 e. The van der Waals surface area contributed by atoms with Crippen molar-refractivity contribution in [1.29, 1.82) is 0 Å². The topological polar surface area (TPSA) is 65.8 Å². The molecule has 0 aliphatic carbocycles. The summed E-state index contributed by atoms with van der Waals surface area (Å²) in [6.07, 6.45) is 3.52. The molecule has 0 saturated carbocycles. The van der Waals surface area contributed by atoms with Crippen molar-refractivity contribution in [2.24, 2.45) is 0 Å². The predicted molar refractivity (Wildman–Crippen MR) is 66.6 cm³/mol. The van der Waals surface area contributed by atoms with Crippen molar-refractivity contribution in [3.63, 3.8) is 0 Å². The van der Waals surface area contributed by atoms with Crippen LogP contribution in [0.3, 0.4) is 0 Å². The van der Waals surface area contributed by atoms with Gasteiger partial charge in [-0.3, -0.25) is 9.13 Å². The van der Waals surface area contributed by atoms with Gasteiger partial charge in [0.2, 0.25) is 5.89 Å². The summed E-state index contributed by atoms with van der Waals surface area (Å²) in [5.41, 5.74) is -0.0547. The number of aromatic nitrogens is 4. The van der Waals surface area contributed by atoms with E-state index in [4.69, 9.17) is 4.52 Å². The van der Waals surface area contributed by atoms with Crippen molar-refractivity contribution in [2.45, 2.75) is 46.2 Å². The predicted octanol–water partition coefficient (Wildman–Crippen LogP) is 1.79. The highest BCUT2D eigenvalue weighted by atomic mass is 16.5. The van der Waals surface area contributed by atoms with Crippen molar-refractivity contribution in [3.8, 4) is 0 Å². The minimum Gasteiger partial charge on any atom is -0.339 e. The van der Waals surface area contributed by atoms with E-state index in [2.05, 4.69) is 10.1 Å². The van der Waals surface area contributed by atoms with E-state index >= 15 is 0 Å². The third-order valence-electron chi connectivity index (χ3n) is 2.72. The van der Waals surface area contributed by atoms with Gasteiger partial charge < -0.3 is 4.52 Å². The van der Waals surface area contributed by atoms with E-state index in [1.807, 2.05) is 27.7 Å². The molecule has 0 aromatic carbocycles. The summed E-state index contributed by atoms with van der Waals surface area (Å²) in [4.78, 5) is 16.2. The van der Waals surface area contributed by atoms with Gasteiger partial charge in [0.15, 0.2) is 5.82 Å². The zero-order chi connectivity index (χ0) is 13.3. The Kier molecular flexibility index (Phi) is 3.36. The molecular formula is C12H18N4O2. The molecule has 2 aromatic rings. The van der Waals surface area contributed by atoms with Crippen LogP contribution in [0, 0.1) is 0 Å². The van der Waals surface area contributed by atoms with Crippen molar-refractivity contribution in [2.75, 3.05) is 0 Å². The summed E-state index contributed by atoms with van der Waals surface area (Å²) < 4.78 is 8.36. The van der Waals surface area contributed by atoms with Crippen LogP contribution in [0.2, 0.25) is 0 Å². The van der Waals surface area contributed by atoms with Gasteiger partial charge >= 0.3 is 5.69 Å². The second-order valence-electron chi connectivity index (χ2n) is 4.91. The van der Waals surface area contributed by atoms with Gasteiger partial charge in [-0.1, -0.05) is 19.0 Å². The molecule has 0 N–H and O–H groups in total. The summed E-state index contributed by atoms with van der Waals surface area (Å²) in [6, 6.07) is 0.148. The van der Waals surface area contributed by atoms with Crippen LogP contribution in [-0.4, -0.2) is 19.3 Å². The zero-order valence-corrected chi connectivity index (χ0v) is 11.1. The molecule has 0 aliphatic heterocycles. The third kappa shape index (κ3) is 2.37. The summed E-state index contributed by atoms with van der Waals surface area (Å²) in [7, 11) is 0. The maximum absolute atomic E-state index is 12.0. The Balaban J connectivity index is 2.21. The zero-order valence-electron chi connectivity index (χ0n) is 11.1. The standard InChI is InChI=1S/C12H18N4O2/c1-8(2)11-13-10(14-18-11)7-15-5-6-16(9(3)4)12(15)17/h5-6,8-9H,7H2,1-4H3. The highest BCUT2D eigenvalue weighted by molar-refractivity contribution is 4.93. The number of rotatable bonds is 4. The number of nitrogens with zero attached hydrogens (tertiary/aromatic N) is 4. The number of hydrogen-bond acceptors (Lipinski definition) is 4. The molecule has 0 radical (unpaired) electrons. The fourth-order valence-electron chi connectivity index (χ4n) is 1.66. The molecule has 0 atom stereocenters. The first-order chi connectivity index (χ1) is 8.49. The van der Waals surface area contributed by atoms with E-state index in [0.717, 1.165) is 0 Å². The Hall–Kier alpha value is -1.85. The minimum atomic E-state index is -0.0547. The summed E-state index contributed by atoms with van der Waals surface area (Å²) in [6.45, 7) is 8.25. The molecule has 2 rings (SSSR count). The molecule has 0 aliphatic rings. The molecule has 6 heteroatoms. The largest absolute Gasteiger partial charge is 0.339 e. The molecule has 0 unspecified atom stereocenters. The fourth-order valence-corrected chi connectivity index (χ4v) is 1.66. The first kappa shape index (κ1) is 12.6. The van der Waals surface area contributed by atoms with Crippen LogP contribution >= 0.6 is 0 Å². The van der Waals surface area contributed by atoms with Gasteiger partial charge in [0.1, 0.15) is 0 Å². The smallest absolute Gasteiger partial charge is 0.328 e. The molecule has 2 aromatic heterocycles. The van der Waals surface area contributed by atoms with E-state index < -0.39 is 0 Å². The van der Waals surface area contributed by atoms with Crippen LogP contribution in [-0.2, 0) is 6.54 Å². The summed E-state index contributed by atoms with van der Waals surface area (Å²) >= 11 is 0. The molecule has 0 fully saturated rings. The highest BCUT2D eigenvalue weighted by Crippen LogP contribution is 2.11. The second kappa shape index (κ2) is 4.80. The average molecular weight is 250 g/mol. The van der Waals surface area contributed by atoms with Crippen LogP contribution in [0.5, 0.6) is 0 Å². The monoisotopic (exact) mass is 250 g/mol. The Morgan fingerprint density at radius 1 is 1.28 bits per heavy atom. The van der Waals surface area contributed by atoms with E-state index in [9.17, 15) is 4.79 Å². The van der Waals surface area contributed by atoms with Crippen LogP contribution in [0.15, 0.2) is 21.7 Å². The molecule has 0 amide bonds. The molecule has 6 nitrogen and oxygen atoms in total. The molecule has 0 saturated heterocycles. The number of imidazole rings is 1. The van der Waals surface area contributed by atoms with Crippen molar-refractivity contribution in [3.05, 3.63) is 34.6 Å². The molecular weight excluding hydrogens is 232 g/mol. The Morgan fingerprint density at radius 3 is 2.50 bits per heavy atom. The van der Waals surface area contributed by atoms with Gasteiger partial charge in [-0.2, -0.15) is 4.98 Å². The summed E-state index contributed by atoms with van der Waals surface area (Å²) in [5.74, 6) is 1.33. The van der Waals surface area contributed by atoms with Gasteiger partial charge in [0.25, 0.3) is 0 Å². The molecule has 2 heterocycles. The van der Waals surface area contributed by atoms with E-state index in [1.54, 1.807) is 21.5 Å². The van der Waals surface area contributed by atoms with E-state index in [0.29, 0.717) is 18.3 Å². The lowest BCUT2D eigenvalue weighted by Crippen LogP contribution is -2.25. The first-order valence-corrected chi connectivity index (χ1v) is 6.08. The SMILES string of the molecule is CC(C)c1nc(Cn2ccn(C(C)C)c2=O)no1. The lowest BCUT2D eigenvalue weighted by atomic mass is 10.2. The van der Waals surface area contributed by atoms with Crippen LogP contribution in [0.25, 0.3) is 0 Å². The van der Waals surface area contributed by atoms with Gasteiger partial charge in [0, 0.05) is 24.4 Å². The van der Waals surface area contributed by atoms with E-state index in [1.165, 1.54) is 0 Å². The van der Waals surface area contributed by atoms with Crippen LogP contribution in [0.4, 0.5) is 0 Å². The van der Waals surface area contributed by atoms with E-state index in [-0.39, 0.29) is 17.6 Å². The molecule has 98 valence electrons. The normalized spacial score (nSPS) is 11.7. The Labute approximate surface area is 105 Å². The van der Waals surface area contributed by atoms with Gasteiger partial charge in [-0.25, -0.2) is 4.79 Å². The second-order valence-corrected chi connectivity index (χ2v) is 4.91. The summed E-state index contributed by atoms with van der Waals surface area (Å²) in [5, 5.41) is 3.87. The van der Waals surface area contributed by atoms with Crippen LogP contribution < -0.4 is 5.69 Å². The van der Waals surface area contributed by atoms with Crippen molar-refractivity contribution >= 4 is 0 Å². The lowest BCUT2D eigenvalue weighted by Gasteiger charge is -2.03.